The highest BCUT2D eigenvalue weighted by molar-refractivity contribution is 7.89. The number of nitrogens with zero attached hydrogens (tertiary/aromatic N) is 4. The van der Waals surface area contributed by atoms with E-state index in [1.807, 2.05) is 0 Å². The van der Waals surface area contributed by atoms with E-state index in [0.717, 1.165) is 34.6 Å². The lowest BCUT2D eigenvalue weighted by Crippen LogP contribution is -2.31. The summed E-state index contributed by atoms with van der Waals surface area (Å²) in [5.74, 6) is 0.393. The average molecular weight is 532 g/mol. The number of carbonyl (C=O) groups is 2. The van der Waals surface area contributed by atoms with Crippen LogP contribution in [-0.2, 0) is 39.1 Å². The Morgan fingerprint density at radius 1 is 1.25 bits per heavy atom. The average Bonchev–Trinajstić information content (AvgIpc) is 3.22. The molecule has 14 heteroatoms. The van der Waals surface area contributed by atoms with Crippen molar-refractivity contribution in [2.45, 2.75) is 38.3 Å². The lowest BCUT2D eigenvalue weighted by Gasteiger charge is -2.26. The lowest BCUT2D eigenvalue weighted by atomic mass is 10.1. The molecule has 4 rings (SSSR count). The summed E-state index contributed by atoms with van der Waals surface area (Å²) in [6.07, 6.45) is 1.34. The van der Waals surface area contributed by atoms with Crippen LogP contribution in [-0.4, -0.2) is 53.8 Å². The maximum Gasteiger partial charge on any atom is 0.350 e. The van der Waals surface area contributed by atoms with E-state index in [2.05, 4.69) is 25.6 Å². The molecule has 0 saturated heterocycles. The number of carbonyl (C=O) groups excluding carboxylic acids is 2. The van der Waals surface area contributed by atoms with E-state index >= 15 is 0 Å². The van der Waals surface area contributed by atoms with Gasteiger partial charge >= 0.3 is 5.97 Å². The first-order valence-corrected chi connectivity index (χ1v) is 13.4. The Bertz CT molecular complexity index is 1390. The van der Waals surface area contributed by atoms with Gasteiger partial charge in [0.05, 0.1) is 29.4 Å². The molecule has 1 aliphatic heterocycles. The number of benzene rings is 1. The summed E-state index contributed by atoms with van der Waals surface area (Å²) in [4.78, 5) is 39.2. The summed E-state index contributed by atoms with van der Waals surface area (Å²) in [7, 11) is -3.78. The maximum atomic E-state index is 12.1. The first kappa shape index (κ1) is 25.5. The Kier molecular flexibility index (Phi) is 7.47. The quantitative estimate of drug-likeness (QED) is 0.274. The van der Waals surface area contributed by atoms with Crippen LogP contribution in [0.4, 0.5) is 16.9 Å². The Balaban J connectivity index is 1.59. The van der Waals surface area contributed by atoms with Gasteiger partial charge in [0.25, 0.3) is 0 Å². The minimum atomic E-state index is -3.78. The number of anilines is 3. The molecule has 0 atom stereocenters. The number of ether oxygens (including phenoxy) is 1. The van der Waals surface area contributed by atoms with Crippen LogP contribution in [0.25, 0.3) is 0 Å². The molecule has 1 aromatic carbocycles. The third-order valence-corrected chi connectivity index (χ3v) is 7.41. The number of aryl methyl sites for hydroxylation is 1. The largest absolute Gasteiger partial charge is 0.462 e. The van der Waals surface area contributed by atoms with E-state index in [-0.39, 0.29) is 11.5 Å². The molecule has 3 heterocycles. The van der Waals surface area contributed by atoms with Gasteiger partial charge < -0.3 is 15.0 Å². The first-order valence-electron chi connectivity index (χ1n) is 11.0. The molecule has 0 radical (unpaired) electrons. The van der Waals surface area contributed by atoms with Gasteiger partial charge in [0.15, 0.2) is 5.13 Å². The van der Waals surface area contributed by atoms with Crippen molar-refractivity contribution in [3.05, 3.63) is 51.7 Å². The summed E-state index contributed by atoms with van der Waals surface area (Å²) < 4.78 is 28.1. The number of aromatic nitrogens is 3. The van der Waals surface area contributed by atoms with E-state index in [9.17, 15) is 18.0 Å². The molecule has 0 unspecified atom stereocenters. The van der Waals surface area contributed by atoms with E-state index < -0.39 is 16.0 Å². The molecular formula is C22H25N7O5S2. The lowest BCUT2D eigenvalue weighted by molar-refractivity contribution is -0.118. The van der Waals surface area contributed by atoms with Gasteiger partial charge in [-0.25, -0.2) is 28.3 Å². The zero-order valence-corrected chi connectivity index (χ0v) is 21.3. The Morgan fingerprint density at radius 3 is 2.67 bits per heavy atom. The van der Waals surface area contributed by atoms with Gasteiger partial charge in [0.1, 0.15) is 10.7 Å². The smallest absolute Gasteiger partial charge is 0.350 e. The van der Waals surface area contributed by atoms with Crippen molar-refractivity contribution in [3.8, 4) is 0 Å². The number of hydrogen-bond acceptors (Lipinski definition) is 11. The summed E-state index contributed by atoms with van der Waals surface area (Å²) >= 11 is 1.15. The van der Waals surface area contributed by atoms with Crippen LogP contribution in [0.15, 0.2) is 29.2 Å². The number of fused-ring (bicyclic) bond motifs is 1. The second kappa shape index (κ2) is 10.6. The van der Waals surface area contributed by atoms with Crippen LogP contribution >= 0.6 is 11.3 Å². The molecule has 0 aliphatic carbocycles. The van der Waals surface area contributed by atoms with Crippen LogP contribution < -0.4 is 15.8 Å². The highest BCUT2D eigenvalue weighted by Gasteiger charge is 2.23. The third-order valence-electron chi connectivity index (χ3n) is 5.43. The SMILES string of the molecule is CCOC(=O)c1sc(Nc2nc3c(c(NCc4ccc(S(N)(=O)=O)cc4)n2)CN(C=O)CC3)nc1C. The molecule has 4 N–H and O–H groups in total. The van der Waals surface area contributed by atoms with Gasteiger partial charge in [-0.1, -0.05) is 23.5 Å². The highest BCUT2D eigenvalue weighted by atomic mass is 32.2. The number of rotatable bonds is 9. The predicted molar refractivity (Wildman–Crippen MR) is 133 cm³/mol. The van der Waals surface area contributed by atoms with E-state index in [0.29, 0.717) is 53.5 Å². The monoisotopic (exact) mass is 531 g/mol. The predicted octanol–water partition coefficient (Wildman–Crippen LogP) is 1.94. The number of nitrogens with two attached hydrogens (primary N) is 1. The van der Waals surface area contributed by atoms with Crippen LogP contribution in [0, 0.1) is 6.92 Å². The van der Waals surface area contributed by atoms with Gasteiger partial charge in [-0.2, -0.15) is 4.98 Å². The molecule has 0 saturated carbocycles. The zero-order valence-electron chi connectivity index (χ0n) is 19.6. The van der Waals surface area contributed by atoms with Crippen molar-refractivity contribution >= 4 is 50.6 Å². The molecule has 1 amide bonds. The second-order valence-electron chi connectivity index (χ2n) is 7.97. The van der Waals surface area contributed by atoms with Crippen LogP contribution in [0.2, 0.25) is 0 Å². The van der Waals surface area contributed by atoms with Gasteiger partial charge in [-0.05, 0) is 31.5 Å². The summed E-state index contributed by atoms with van der Waals surface area (Å²) in [5.41, 5.74) is 2.93. The van der Waals surface area contributed by atoms with Crippen LogP contribution in [0.5, 0.6) is 0 Å². The molecule has 2 aromatic heterocycles. The Hall–Kier alpha value is -3.62. The molecule has 0 bridgehead atoms. The van der Waals surface area contributed by atoms with Crippen molar-refractivity contribution in [2.75, 3.05) is 23.8 Å². The molecule has 0 spiro atoms. The van der Waals surface area contributed by atoms with Gasteiger partial charge in [-0.15, -0.1) is 0 Å². The van der Waals surface area contributed by atoms with E-state index in [1.54, 1.807) is 30.9 Å². The van der Waals surface area contributed by atoms with Gasteiger partial charge in [0, 0.05) is 25.1 Å². The summed E-state index contributed by atoms with van der Waals surface area (Å²) in [6, 6.07) is 6.20. The molecule has 190 valence electrons. The van der Waals surface area contributed by atoms with Gasteiger partial charge in [0.2, 0.25) is 22.4 Å². The van der Waals surface area contributed by atoms with Crippen molar-refractivity contribution in [2.24, 2.45) is 5.14 Å². The first-order chi connectivity index (χ1) is 17.2. The highest BCUT2D eigenvalue weighted by Crippen LogP contribution is 2.29. The number of thiazole rings is 1. The standard InChI is InChI=1S/C22H25N7O5S2/c1-3-34-20(31)18-13(2)25-22(35-18)28-21-26-17-8-9-29(12-30)11-16(17)19(27-21)24-10-14-4-6-15(7-5-14)36(23,32)33/h4-7,12H,3,8-11H2,1-2H3,(H2,23,32,33)(H2,24,25,26,27,28). The van der Waals surface area contributed by atoms with Crippen molar-refractivity contribution < 1.29 is 22.7 Å². The third kappa shape index (κ3) is 5.78. The molecule has 3 aromatic rings. The maximum absolute atomic E-state index is 12.1. The number of hydrogen-bond donors (Lipinski definition) is 3. The molecule has 0 fully saturated rings. The molecule has 1 aliphatic rings. The summed E-state index contributed by atoms with van der Waals surface area (Å²) in [5, 5.41) is 12.0. The van der Waals surface area contributed by atoms with Crippen molar-refractivity contribution in [3.63, 3.8) is 0 Å². The Labute approximate surface area is 212 Å². The topological polar surface area (TPSA) is 170 Å². The van der Waals surface area contributed by atoms with Crippen molar-refractivity contribution in [1.29, 1.82) is 0 Å². The van der Waals surface area contributed by atoms with Crippen molar-refractivity contribution in [1.82, 2.24) is 19.9 Å². The fourth-order valence-electron chi connectivity index (χ4n) is 3.64. The number of esters is 1. The molecule has 12 nitrogen and oxygen atoms in total. The number of nitrogens with one attached hydrogen (secondary N) is 2. The fraction of sp³-hybridized carbons (Fsp3) is 0.318. The number of sulfonamides is 1. The van der Waals surface area contributed by atoms with E-state index in [1.165, 1.54) is 12.1 Å². The minimum absolute atomic E-state index is 0.0275. The van der Waals surface area contributed by atoms with Crippen LogP contribution in [0.1, 0.15) is 39.1 Å². The minimum Gasteiger partial charge on any atom is -0.462 e. The number of primary sulfonamides is 1. The Morgan fingerprint density at radius 2 is 2.00 bits per heavy atom. The summed E-state index contributed by atoms with van der Waals surface area (Å²) in [6.45, 7) is 4.97. The van der Waals surface area contributed by atoms with E-state index in [4.69, 9.17) is 9.88 Å². The fourth-order valence-corrected chi connectivity index (χ4v) is 5.01. The normalized spacial score (nSPS) is 13.1. The van der Waals surface area contributed by atoms with Crippen LogP contribution in [0.3, 0.4) is 0 Å². The second-order valence-corrected chi connectivity index (χ2v) is 10.5. The zero-order chi connectivity index (χ0) is 25.9. The van der Waals surface area contributed by atoms with Gasteiger partial charge in [-0.3, -0.25) is 10.1 Å². The molecule has 36 heavy (non-hydrogen) atoms. The molecular weight excluding hydrogens is 506 g/mol. The number of amides is 1.